The summed E-state index contributed by atoms with van der Waals surface area (Å²) in [6.45, 7) is 4.15. The number of hydrogen-bond donors (Lipinski definition) is 1. The lowest BCUT2D eigenvalue weighted by molar-refractivity contribution is 0.405. The Balaban J connectivity index is 2.14. The number of benzene rings is 2. The molecule has 0 aliphatic rings. The van der Waals surface area contributed by atoms with Crippen LogP contribution in [0.4, 0.5) is 11.4 Å². The molecule has 1 heterocycles. The lowest BCUT2D eigenvalue weighted by atomic mass is 10.1. The Bertz CT molecular complexity index is 909. The highest BCUT2D eigenvalue weighted by Gasteiger charge is 2.12. The molecule has 5 heteroatoms. The number of pyridine rings is 1. The fraction of sp³-hybridized carbons (Fsp3) is 0.211. The minimum atomic E-state index is 0.506. The van der Waals surface area contributed by atoms with Crippen molar-refractivity contribution in [3.05, 3.63) is 52.7 Å². The monoisotopic (exact) mass is 342 g/mol. The second kappa shape index (κ2) is 6.57. The molecule has 0 radical (unpaired) electrons. The molecule has 0 unspecified atom stereocenters. The van der Waals surface area contributed by atoms with E-state index in [1.807, 2.05) is 12.1 Å². The van der Waals surface area contributed by atoms with Crippen LogP contribution in [0.5, 0.6) is 11.5 Å². The summed E-state index contributed by atoms with van der Waals surface area (Å²) in [5, 5.41) is 4.99. The molecule has 0 bridgehead atoms. The van der Waals surface area contributed by atoms with Gasteiger partial charge in [0.25, 0.3) is 0 Å². The summed E-state index contributed by atoms with van der Waals surface area (Å²) in [4.78, 5) is 4.50. The van der Waals surface area contributed by atoms with E-state index in [0.717, 1.165) is 27.8 Å². The van der Waals surface area contributed by atoms with E-state index in [4.69, 9.17) is 21.1 Å². The number of aryl methyl sites for hydroxylation is 2. The second-order valence-electron chi connectivity index (χ2n) is 5.65. The van der Waals surface area contributed by atoms with Crippen LogP contribution in [0.2, 0.25) is 5.02 Å². The Morgan fingerprint density at radius 2 is 1.71 bits per heavy atom. The maximum atomic E-state index is 6.18. The molecule has 4 nitrogen and oxygen atoms in total. The van der Waals surface area contributed by atoms with Gasteiger partial charge in [0.05, 0.1) is 30.4 Å². The van der Waals surface area contributed by atoms with Crippen LogP contribution in [0, 0.1) is 13.8 Å². The van der Waals surface area contributed by atoms with E-state index in [-0.39, 0.29) is 0 Å². The lowest BCUT2D eigenvalue weighted by Crippen LogP contribution is -1.98. The van der Waals surface area contributed by atoms with Crippen LogP contribution >= 0.6 is 11.6 Å². The third-order valence-corrected chi connectivity index (χ3v) is 4.22. The molecule has 0 aliphatic heterocycles. The van der Waals surface area contributed by atoms with Crippen LogP contribution in [0.15, 0.2) is 36.5 Å². The average molecular weight is 343 g/mol. The Labute approximate surface area is 146 Å². The maximum absolute atomic E-state index is 6.18. The number of hydrogen-bond acceptors (Lipinski definition) is 4. The number of aromatic nitrogens is 1. The van der Waals surface area contributed by atoms with Crippen molar-refractivity contribution in [3.8, 4) is 11.5 Å². The predicted octanol–water partition coefficient (Wildman–Crippen LogP) is 5.27. The molecule has 1 aromatic heterocycles. The van der Waals surface area contributed by atoms with E-state index < -0.39 is 0 Å². The van der Waals surface area contributed by atoms with Crippen LogP contribution in [-0.4, -0.2) is 19.2 Å². The normalized spacial score (nSPS) is 10.7. The van der Waals surface area contributed by atoms with Gasteiger partial charge in [-0.05, 0) is 31.5 Å². The molecule has 0 fully saturated rings. The number of halogens is 1. The number of methoxy groups -OCH3 is 2. The second-order valence-corrected chi connectivity index (χ2v) is 6.06. The third kappa shape index (κ3) is 2.97. The molecular formula is C19H19ClN2O2. The van der Waals surface area contributed by atoms with Crippen molar-refractivity contribution in [3.63, 3.8) is 0 Å². The quantitative estimate of drug-likeness (QED) is 0.701. The van der Waals surface area contributed by atoms with Crippen molar-refractivity contribution in [2.45, 2.75) is 13.8 Å². The number of fused-ring (bicyclic) bond motifs is 1. The van der Waals surface area contributed by atoms with E-state index in [1.165, 1.54) is 5.56 Å². The molecule has 0 saturated heterocycles. The zero-order chi connectivity index (χ0) is 17.3. The van der Waals surface area contributed by atoms with Crippen molar-refractivity contribution >= 4 is 33.9 Å². The van der Waals surface area contributed by atoms with Gasteiger partial charge in [0.1, 0.15) is 11.5 Å². The molecule has 3 rings (SSSR count). The average Bonchev–Trinajstić information content (AvgIpc) is 2.56. The molecule has 0 spiro atoms. The largest absolute Gasteiger partial charge is 0.495 e. The highest BCUT2D eigenvalue weighted by molar-refractivity contribution is 6.32. The molecule has 3 aromatic rings. The zero-order valence-corrected chi connectivity index (χ0v) is 14.9. The SMILES string of the molecule is COc1cc(Nc2ccnc3c(C)cc(C)cc23)c(OC)cc1Cl. The number of rotatable bonds is 4. The topological polar surface area (TPSA) is 43.4 Å². The first-order chi connectivity index (χ1) is 11.5. The van der Waals surface area contributed by atoms with Gasteiger partial charge < -0.3 is 14.8 Å². The van der Waals surface area contributed by atoms with Gasteiger partial charge in [-0.3, -0.25) is 4.98 Å². The van der Waals surface area contributed by atoms with Crippen molar-refractivity contribution < 1.29 is 9.47 Å². The lowest BCUT2D eigenvalue weighted by Gasteiger charge is -2.16. The van der Waals surface area contributed by atoms with Crippen molar-refractivity contribution in [2.24, 2.45) is 0 Å². The first-order valence-electron chi connectivity index (χ1n) is 7.58. The summed E-state index contributed by atoms with van der Waals surface area (Å²) < 4.78 is 10.7. The predicted molar refractivity (Wildman–Crippen MR) is 99.1 cm³/mol. The number of anilines is 2. The number of nitrogens with zero attached hydrogens (tertiary/aromatic N) is 1. The van der Waals surface area contributed by atoms with E-state index >= 15 is 0 Å². The van der Waals surface area contributed by atoms with Crippen molar-refractivity contribution in [1.29, 1.82) is 0 Å². The van der Waals surface area contributed by atoms with Crippen molar-refractivity contribution in [1.82, 2.24) is 4.98 Å². The smallest absolute Gasteiger partial charge is 0.144 e. The zero-order valence-electron chi connectivity index (χ0n) is 14.1. The van der Waals surface area contributed by atoms with Crippen LogP contribution in [-0.2, 0) is 0 Å². The van der Waals surface area contributed by atoms with Gasteiger partial charge in [-0.1, -0.05) is 23.2 Å². The van der Waals surface area contributed by atoms with Gasteiger partial charge in [-0.2, -0.15) is 0 Å². The van der Waals surface area contributed by atoms with Gasteiger partial charge in [0.15, 0.2) is 0 Å². The van der Waals surface area contributed by atoms with Crippen LogP contribution < -0.4 is 14.8 Å². The summed E-state index contributed by atoms with van der Waals surface area (Å²) in [5.74, 6) is 1.24. The standard InChI is InChI=1S/C19H19ClN2O2/c1-11-7-12(2)19-13(8-11)15(5-6-21-19)22-16-10-17(23-3)14(20)9-18(16)24-4/h5-10H,1-4H3,(H,21,22). The molecule has 0 aliphatic carbocycles. The van der Waals surface area contributed by atoms with Crippen molar-refractivity contribution in [2.75, 3.05) is 19.5 Å². The molecule has 2 aromatic carbocycles. The first kappa shape index (κ1) is 16.4. The molecule has 1 N–H and O–H groups in total. The molecular weight excluding hydrogens is 324 g/mol. The van der Waals surface area contributed by atoms with Crippen LogP contribution in [0.3, 0.4) is 0 Å². The Morgan fingerprint density at radius 1 is 0.958 bits per heavy atom. The van der Waals surface area contributed by atoms with E-state index in [2.05, 4.69) is 36.3 Å². The fourth-order valence-electron chi connectivity index (χ4n) is 2.82. The van der Waals surface area contributed by atoms with Gasteiger partial charge >= 0.3 is 0 Å². The van der Waals surface area contributed by atoms with Gasteiger partial charge in [0.2, 0.25) is 0 Å². The fourth-order valence-corrected chi connectivity index (χ4v) is 3.06. The summed E-state index contributed by atoms with van der Waals surface area (Å²) in [6.07, 6.45) is 1.80. The number of ether oxygens (including phenoxy) is 2. The molecule has 0 amide bonds. The van der Waals surface area contributed by atoms with E-state index in [9.17, 15) is 0 Å². The van der Waals surface area contributed by atoms with Gasteiger partial charge in [-0.25, -0.2) is 0 Å². The van der Waals surface area contributed by atoms with Crippen LogP contribution in [0.25, 0.3) is 10.9 Å². The third-order valence-electron chi connectivity index (χ3n) is 3.92. The van der Waals surface area contributed by atoms with Gasteiger partial charge in [0, 0.05) is 29.4 Å². The minimum Gasteiger partial charge on any atom is -0.495 e. The molecule has 124 valence electrons. The van der Waals surface area contributed by atoms with E-state index in [1.54, 1.807) is 26.5 Å². The summed E-state index contributed by atoms with van der Waals surface area (Å²) >= 11 is 6.18. The maximum Gasteiger partial charge on any atom is 0.144 e. The minimum absolute atomic E-state index is 0.506. The number of nitrogens with one attached hydrogen (secondary N) is 1. The summed E-state index contributed by atoms with van der Waals surface area (Å²) in [6, 6.07) is 9.77. The summed E-state index contributed by atoms with van der Waals surface area (Å²) in [5.41, 5.74) is 5.05. The summed E-state index contributed by atoms with van der Waals surface area (Å²) in [7, 11) is 3.20. The Hall–Kier alpha value is -2.46. The Morgan fingerprint density at radius 3 is 2.42 bits per heavy atom. The Kier molecular flexibility index (Phi) is 4.49. The highest BCUT2D eigenvalue weighted by atomic mass is 35.5. The van der Waals surface area contributed by atoms with Gasteiger partial charge in [-0.15, -0.1) is 0 Å². The highest BCUT2D eigenvalue weighted by Crippen LogP contribution is 2.38. The molecule has 0 saturated carbocycles. The molecule has 0 atom stereocenters. The molecule has 24 heavy (non-hydrogen) atoms. The first-order valence-corrected chi connectivity index (χ1v) is 7.95. The van der Waals surface area contributed by atoms with E-state index in [0.29, 0.717) is 16.5 Å². The van der Waals surface area contributed by atoms with Crippen LogP contribution in [0.1, 0.15) is 11.1 Å².